The van der Waals surface area contributed by atoms with Crippen LogP contribution in [0.4, 0.5) is 0 Å². The number of nitrogens with zero attached hydrogens (tertiary/aromatic N) is 3. The molecule has 0 saturated carbocycles. The number of azide groups is 1. The van der Waals surface area contributed by atoms with E-state index < -0.39 is 5.91 Å². The van der Waals surface area contributed by atoms with Crippen LogP contribution in [0.2, 0.25) is 0 Å². The van der Waals surface area contributed by atoms with Gasteiger partial charge in [-0.3, -0.25) is 4.79 Å². The molecule has 8 nitrogen and oxygen atoms in total. The Morgan fingerprint density at radius 1 is 0.828 bits per heavy atom. The molecular formula is C21H19N3O5. The zero-order valence-corrected chi connectivity index (χ0v) is 16.4. The number of hydrogen-bond acceptors (Lipinski definition) is 5. The molecule has 0 aromatic heterocycles. The minimum absolute atomic E-state index is 0.552. The minimum atomic E-state index is -0.687. The normalized spacial score (nSPS) is 10.8. The molecule has 3 aromatic rings. The van der Waals surface area contributed by atoms with E-state index in [1.807, 2.05) is 30.3 Å². The summed E-state index contributed by atoms with van der Waals surface area (Å²) in [7, 11) is 6.27. The Hall–Kier alpha value is -3.90. The van der Waals surface area contributed by atoms with Crippen LogP contribution in [0.15, 0.2) is 41.5 Å². The van der Waals surface area contributed by atoms with Crippen LogP contribution in [0, 0.1) is 0 Å². The van der Waals surface area contributed by atoms with Gasteiger partial charge in [0.2, 0.25) is 5.91 Å². The van der Waals surface area contributed by atoms with Crippen molar-refractivity contribution in [1.29, 1.82) is 0 Å². The van der Waals surface area contributed by atoms with Crippen LogP contribution in [0.5, 0.6) is 23.0 Å². The number of amides is 1. The quantitative estimate of drug-likeness (QED) is 0.195. The van der Waals surface area contributed by atoms with Gasteiger partial charge in [-0.15, -0.1) is 0 Å². The van der Waals surface area contributed by atoms with Crippen molar-refractivity contribution in [3.8, 4) is 23.0 Å². The maximum Gasteiger partial charge on any atom is 0.242 e. The molecule has 0 heterocycles. The highest BCUT2D eigenvalue weighted by Crippen LogP contribution is 2.41. The van der Waals surface area contributed by atoms with Gasteiger partial charge in [0.25, 0.3) is 0 Å². The summed E-state index contributed by atoms with van der Waals surface area (Å²) in [5, 5.41) is 6.55. The second-order valence-electron chi connectivity index (χ2n) is 6.01. The first-order valence-electron chi connectivity index (χ1n) is 8.57. The van der Waals surface area contributed by atoms with Gasteiger partial charge in [-0.1, -0.05) is 6.08 Å². The van der Waals surface area contributed by atoms with Gasteiger partial charge in [0, 0.05) is 4.91 Å². The highest BCUT2D eigenvalue weighted by Gasteiger charge is 2.14. The molecule has 0 fully saturated rings. The SMILES string of the molecule is COc1cc2cc(/C=C/C(=O)N=[N+]=[N-])c3cc(OC)c(OC)cc3c2cc1OC. The molecule has 29 heavy (non-hydrogen) atoms. The summed E-state index contributed by atoms with van der Waals surface area (Å²) >= 11 is 0. The number of methoxy groups -OCH3 is 4. The van der Waals surface area contributed by atoms with Crippen molar-refractivity contribution in [2.45, 2.75) is 0 Å². The molecule has 148 valence electrons. The maximum absolute atomic E-state index is 11.6. The number of hydrogen-bond donors (Lipinski definition) is 0. The maximum atomic E-state index is 11.6. The van der Waals surface area contributed by atoms with E-state index in [0.717, 1.165) is 27.1 Å². The molecule has 0 bridgehead atoms. The number of ether oxygens (including phenoxy) is 4. The molecule has 8 heteroatoms. The number of carbonyl (C=O) groups is 1. The first-order valence-corrected chi connectivity index (χ1v) is 8.57. The lowest BCUT2D eigenvalue weighted by atomic mass is 9.95. The molecule has 0 saturated heterocycles. The summed E-state index contributed by atoms with van der Waals surface area (Å²) in [4.78, 5) is 14.1. The van der Waals surface area contributed by atoms with Gasteiger partial charge in [-0.25, -0.2) is 0 Å². The largest absolute Gasteiger partial charge is 0.493 e. The fraction of sp³-hybridized carbons (Fsp3) is 0.190. The highest BCUT2D eigenvalue weighted by atomic mass is 16.5. The van der Waals surface area contributed by atoms with Crippen LogP contribution in [0.25, 0.3) is 38.1 Å². The van der Waals surface area contributed by atoms with Crippen LogP contribution in [-0.2, 0) is 4.79 Å². The predicted octanol–water partition coefficient (Wildman–Crippen LogP) is 4.88. The van der Waals surface area contributed by atoms with E-state index in [1.54, 1.807) is 34.5 Å². The summed E-state index contributed by atoms with van der Waals surface area (Å²) < 4.78 is 21.7. The van der Waals surface area contributed by atoms with Gasteiger partial charge in [0.05, 0.1) is 28.4 Å². The number of rotatable bonds is 6. The van der Waals surface area contributed by atoms with Crippen LogP contribution in [0.3, 0.4) is 0 Å². The second kappa shape index (κ2) is 8.41. The van der Waals surface area contributed by atoms with E-state index in [2.05, 4.69) is 10.0 Å². The van der Waals surface area contributed by atoms with Crippen molar-refractivity contribution in [2.75, 3.05) is 28.4 Å². The average Bonchev–Trinajstić information content (AvgIpc) is 2.75. The molecule has 0 unspecified atom stereocenters. The molecule has 3 rings (SSSR count). The summed E-state index contributed by atoms with van der Waals surface area (Å²) in [5.41, 5.74) is 9.17. The van der Waals surface area contributed by atoms with Crippen LogP contribution < -0.4 is 18.9 Å². The summed E-state index contributed by atoms with van der Waals surface area (Å²) in [5.74, 6) is 1.62. The molecule has 0 aliphatic heterocycles. The van der Waals surface area contributed by atoms with E-state index in [9.17, 15) is 4.79 Å². The van der Waals surface area contributed by atoms with Crippen molar-refractivity contribution < 1.29 is 23.7 Å². The van der Waals surface area contributed by atoms with Crippen LogP contribution in [-0.4, -0.2) is 34.3 Å². The number of benzene rings is 3. The molecule has 0 aliphatic rings. The van der Waals surface area contributed by atoms with Crippen molar-refractivity contribution >= 4 is 33.5 Å². The molecule has 0 radical (unpaired) electrons. The summed E-state index contributed by atoms with van der Waals surface area (Å²) in [6, 6.07) is 9.36. The smallest absolute Gasteiger partial charge is 0.242 e. The van der Waals surface area contributed by atoms with E-state index in [4.69, 9.17) is 24.5 Å². The third-order valence-corrected chi connectivity index (χ3v) is 4.54. The molecular weight excluding hydrogens is 374 g/mol. The Bertz CT molecular complexity index is 1180. The van der Waals surface area contributed by atoms with Gasteiger partial charge in [0.1, 0.15) is 0 Å². The minimum Gasteiger partial charge on any atom is -0.493 e. The zero-order valence-electron chi connectivity index (χ0n) is 16.4. The lowest BCUT2D eigenvalue weighted by molar-refractivity contribution is -0.113. The van der Waals surface area contributed by atoms with Crippen LogP contribution in [0.1, 0.15) is 5.56 Å². The third-order valence-electron chi connectivity index (χ3n) is 4.54. The Morgan fingerprint density at radius 3 is 1.90 bits per heavy atom. The van der Waals surface area contributed by atoms with E-state index in [1.165, 1.54) is 6.08 Å². The van der Waals surface area contributed by atoms with Crippen molar-refractivity contribution in [3.05, 3.63) is 52.4 Å². The first-order chi connectivity index (χ1) is 14.1. The standard InChI is InChI=1S/C21H19N3O5/c1-26-17-8-13-7-12(5-6-21(25)23-24-22)14-9-19(28-3)20(29-4)11-16(14)15(13)10-18(17)27-2/h5-11H,1-4H3/b6-5+. The Balaban J connectivity index is 2.40. The summed E-state index contributed by atoms with van der Waals surface area (Å²) in [6.45, 7) is 0. The zero-order chi connectivity index (χ0) is 21.0. The van der Waals surface area contributed by atoms with Gasteiger partial charge in [0.15, 0.2) is 23.0 Å². The van der Waals surface area contributed by atoms with E-state index >= 15 is 0 Å². The monoisotopic (exact) mass is 393 g/mol. The molecule has 3 aromatic carbocycles. The average molecular weight is 393 g/mol. The Kier molecular flexibility index (Phi) is 5.76. The van der Waals surface area contributed by atoms with Gasteiger partial charge in [-0.2, -0.15) is 0 Å². The van der Waals surface area contributed by atoms with Crippen molar-refractivity contribution in [2.24, 2.45) is 5.11 Å². The predicted molar refractivity (Wildman–Crippen MR) is 111 cm³/mol. The first kappa shape index (κ1) is 19.9. The number of fused-ring (bicyclic) bond motifs is 3. The number of carbonyl (C=O) groups excluding carboxylic acids is 1. The molecule has 1 amide bonds. The van der Waals surface area contributed by atoms with Gasteiger partial charge in [-0.05, 0) is 74.2 Å². The molecule has 0 N–H and O–H groups in total. The van der Waals surface area contributed by atoms with E-state index in [-0.39, 0.29) is 0 Å². The molecule has 0 spiro atoms. The Morgan fingerprint density at radius 2 is 1.34 bits per heavy atom. The van der Waals surface area contributed by atoms with Crippen molar-refractivity contribution in [1.82, 2.24) is 0 Å². The van der Waals surface area contributed by atoms with E-state index in [0.29, 0.717) is 23.0 Å². The third kappa shape index (κ3) is 3.74. The summed E-state index contributed by atoms with van der Waals surface area (Å²) in [6.07, 6.45) is 2.82. The Labute approximate surface area is 166 Å². The van der Waals surface area contributed by atoms with Gasteiger partial charge >= 0.3 is 0 Å². The van der Waals surface area contributed by atoms with Gasteiger partial charge < -0.3 is 18.9 Å². The fourth-order valence-corrected chi connectivity index (χ4v) is 3.21. The molecule has 0 atom stereocenters. The topological polar surface area (TPSA) is 103 Å². The van der Waals surface area contributed by atoms with Crippen molar-refractivity contribution in [3.63, 3.8) is 0 Å². The lowest BCUT2D eigenvalue weighted by Crippen LogP contribution is -1.94. The molecule has 0 aliphatic carbocycles. The van der Waals surface area contributed by atoms with Crippen LogP contribution >= 0.6 is 0 Å². The lowest BCUT2D eigenvalue weighted by Gasteiger charge is -2.15. The fourth-order valence-electron chi connectivity index (χ4n) is 3.21. The highest BCUT2D eigenvalue weighted by molar-refractivity contribution is 6.13. The second-order valence-corrected chi connectivity index (χ2v) is 6.01.